The highest BCUT2D eigenvalue weighted by Crippen LogP contribution is 2.22. The van der Waals surface area contributed by atoms with E-state index in [1.807, 2.05) is 48.3 Å². The highest BCUT2D eigenvalue weighted by atomic mass is 16.2. The Labute approximate surface area is 140 Å². The molecule has 2 heterocycles. The van der Waals surface area contributed by atoms with Gasteiger partial charge in [-0.25, -0.2) is 4.98 Å². The first kappa shape index (κ1) is 16.0. The third kappa shape index (κ3) is 3.22. The zero-order chi connectivity index (χ0) is 17.1. The van der Waals surface area contributed by atoms with Crippen LogP contribution in [0.15, 0.2) is 48.7 Å². The Hall–Kier alpha value is -2.89. The molecule has 0 spiro atoms. The smallest absolute Gasteiger partial charge is 0.255 e. The van der Waals surface area contributed by atoms with E-state index in [2.05, 4.69) is 4.98 Å². The zero-order valence-corrected chi connectivity index (χ0v) is 13.6. The van der Waals surface area contributed by atoms with E-state index in [0.29, 0.717) is 25.1 Å². The molecule has 0 saturated carbocycles. The third-order valence-electron chi connectivity index (χ3n) is 4.36. The molecule has 24 heavy (non-hydrogen) atoms. The van der Waals surface area contributed by atoms with Crippen LogP contribution in [0.25, 0.3) is 0 Å². The summed E-state index contributed by atoms with van der Waals surface area (Å²) in [5.41, 5.74) is 6.85. The normalized spacial score (nSPS) is 16.9. The maximum absolute atomic E-state index is 12.5. The van der Waals surface area contributed by atoms with Gasteiger partial charge in [0.25, 0.3) is 5.91 Å². The van der Waals surface area contributed by atoms with Crippen LogP contribution in [0.4, 0.5) is 11.5 Å². The molecule has 3 rings (SSSR count). The van der Waals surface area contributed by atoms with Crippen LogP contribution in [0.3, 0.4) is 0 Å². The zero-order valence-electron chi connectivity index (χ0n) is 13.6. The summed E-state index contributed by atoms with van der Waals surface area (Å²) in [6.07, 6.45) is 2.21. The Balaban J connectivity index is 1.71. The molecule has 1 aliphatic heterocycles. The number of amides is 2. The highest BCUT2D eigenvalue weighted by Gasteiger charge is 2.30. The molecular formula is C18H20N4O2. The van der Waals surface area contributed by atoms with Crippen molar-refractivity contribution in [2.24, 2.45) is 11.7 Å². The highest BCUT2D eigenvalue weighted by molar-refractivity contribution is 5.95. The van der Waals surface area contributed by atoms with Crippen LogP contribution in [0.1, 0.15) is 16.8 Å². The van der Waals surface area contributed by atoms with Crippen molar-refractivity contribution < 1.29 is 9.59 Å². The van der Waals surface area contributed by atoms with Gasteiger partial charge >= 0.3 is 0 Å². The van der Waals surface area contributed by atoms with E-state index in [9.17, 15) is 9.59 Å². The second-order valence-electron chi connectivity index (χ2n) is 5.94. The number of rotatable bonds is 4. The van der Waals surface area contributed by atoms with Crippen LogP contribution >= 0.6 is 0 Å². The number of nitrogens with zero attached hydrogens (tertiary/aromatic N) is 3. The number of benzene rings is 1. The van der Waals surface area contributed by atoms with E-state index in [1.165, 1.54) is 0 Å². The number of nitrogens with two attached hydrogens (primary N) is 1. The van der Waals surface area contributed by atoms with E-state index in [4.69, 9.17) is 5.73 Å². The van der Waals surface area contributed by atoms with Crippen molar-refractivity contribution in [3.8, 4) is 0 Å². The summed E-state index contributed by atoms with van der Waals surface area (Å²) in [5.74, 6) is 0.0583. The van der Waals surface area contributed by atoms with Crippen LogP contribution in [0.2, 0.25) is 0 Å². The van der Waals surface area contributed by atoms with Crippen molar-refractivity contribution in [2.45, 2.75) is 6.42 Å². The molecule has 6 heteroatoms. The summed E-state index contributed by atoms with van der Waals surface area (Å²) in [4.78, 5) is 31.7. The second kappa shape index (κ2) is 6.70. The molecule has 1 aromatic heterocycles. The van der Waals surface area contributed by atoms with Crippen molar-refractivity contribution in [1.29, 1.82) is 0 Å². The van der Waals surface area contributed by atoms with Gasteiger partial charge in [-0.3, -0.25) is 9.59 Å². The summed E-state index contributed by atoms with van der Waals surface area (Å²) in [6, 6.07) is 13.5. The Morgan fingerprint density at radius 2 is 1.96 bits per heavy atom. The molecule has 0 bridgehead atoms. The van der Waals surface area contributed by atoms with Crippen molar-refractivity contribution >= 4 is 23.3 Å². The average Bonchev–Trinajstić information content (AvgIpc) is 3.12. The first-order chi connectivity index (χ1) is 11.6. The molecule has 2 aromatic rings. The lowest BCUT2D eigenvalue weighted by Crippen LogP contribution is -2.31. The van der Waals surface area contributed by atoms with Crippen molar-refractivity contribution in [2.75, 3.05) is 25.0 Å². The van der Waals surface area contributed by atoms with Gasteiger partial charge in [-0.2, -0.15) is 0 Å². The van der Waals surface area contributed by atoms with Gasteiger partial charge < -0.3 is 15.5 Å². The summed E-state index contributed by atoms with van der Waals surface area (Å²) < 4.78 is 0. The number of carbonyl (C=O) groups excluding carboxylic acids is 2. The fraction of sp³-hybridized carbons (Fsp3) is 0.278. The number of para-hydroxylation sites is 1. The van der Waals surface area contributed by atoms with Crippen LogP contribution in [0, 0.1) is 5.92 Å². The number of hydrogen-bond donors (Lipinski definition) is 1. The van der Waals surface area contributed by atoms with Gasteiger partial charge in [-0.05, 0) is 30.7 Å². The number of aromatic nitrogens is 1. The van der Waals surface area contributed by atoms with Gasteiger partial charge in [0, 0.05) is 32.0 Å². The summed E-state index contributed by atoms with van der Waals surface area (Å²) >= 11 is 0. The molecule has 1 aromatic carbocycles. The lowest BCUT2D eigenvalue weighted by atomic mass is 10.1. The van der Waals surface area contributed by atoms with Crippen LogP contribution < -0.4 is 10.6 Å². The summed E-state index contributed by atoms with van der Waals surface area (Å²) in [6.45, 7) is 0.942. The van der Waals surface area contributed by atoms with Crippen molar-refractivity contribution in [3.05, 3.63) is 54.2 Å². The second-order valence-corrected chi connectivity index (χ2v) is 5.94. The van der Waals surface area contributed by atoms with Gasteiger partial charge in [-0.1, -0.05) is 18.2 Å². The molecule has 0 aliphatic carbocycles. The van der Waals surface area contributed by atoms with Gasteiger partial charge in [0.1, 0.15) is 5.82 Å². The van der Waals surface area contributed by atoms with E-state index < -0.39 is 0 Å². The Bertz CT molecular complexity index is 730. The number of carbonyl (C=O) groups is 2. The molecule has 1 atom stereocenters. The van der Waals surface area contributed by atoms with E-state index in [0.717, 1.165) is 11.5 Å². The molecule has 6 nitrogen and oxygen atoms in total. The predicted molar refractivity (Wildman–Crippen MR) is 91.9 cm³/mol. The number of likely N-dealkylation sites (tertiary alicyclic amines) is 1. The Morgan fingerprint density at radius 1 is 1.21 bits per heavy atom. The van der Waals surface area contributed by atoms with E-state index >= 15 is 0 Å². The van der Waals surface area contributed by atoms with Crippen LogP contribution in [0.5, 0.6) is 0 Å². The molecule has 2 amide bonds. The molecule has 2 N–H and O–H groups in total. The minimum Gasteiger partial charge on any atom is -0.369 e. The van der Waals surface area contributed by atoms with Gasteiger partial charge in [-0.15, -0.1) is 0 Å². The van der Waals surface area contributed by atoms with Gasteiger partial charge in [0.15, 0.2) is 0 Å². The number of pyridine rings is 1. The van der Waals surface area contributed by atoms with Crippen molar-refractivity contribution in [1.82, 2.24) is 9.88 Å². The Kier molecular flexibility index (Phi) is 4.46. The summed E-state index contributed by atoms with van der Waals surface area (Å²) in [5, 5.41) is 0. The van der Waals surface area contributed by atoms with Gasteiger partial charge in [0.05, 0.1) is 11.5 Å². The molecule has 1 fully saturated rings. The molecule has 1 saturated heterocycles. The lowest BCUT2D eigenvalue weighted by Gasteiger charge is -2.19. The number of hydrogen-bond acceptors (Lipinski definition) is 4. The molecule has 124 valence electrons. The van der Waals surface area contributed by atoms with Crippen LogP contribution in [-0.2, 0) is 4.79 Å². The van der Waals surface area contributed by atoms with Gasteiger partial charge in [0.2, 0.25) is 5.91 Å². The third-order valence-corrected chi connectivity index (χ3v) is 4.36. The maximum Gasteiger partial charge on any atom is 0.255 e. The molecular weight excluding hydrogens is 304 g/mol. The number of primary amides is 1. The Morgan fingerprint density at radius 3 is 2.54 bits per heavy atom. The van der Waals surface area contributed by atoms with Crippen molar-refractivity contribution in [3.63, 3.8) is 0 Å². The SMILES string of the molecule is CN(c1ccccc1)c1ccc(C(=O)N2CC[C@@H](C(N)=O)C2)cn1. The minimum absolute atomic E-state index is 0.111. The fourth-order valence-electron chi connectivity index (χ4n) is 2.85. The lowest BCUT2D eigenvalue weighted by molar-refractivity contribution is -0.121. The maximum atomic E-state index is 12.5. The fourth-order valence-corrected chi connectivity index (χ4v) is 2.85. The van der Waals surface area contributed by atoms with Crippen LogP contribution in [-0.4, -0.2) is 41.8 Å². The summed E-state index contributed by atoms with van der Waals surface area (Å²) in [7, 11) is 1.93. The first-order valence-corrected chi connectivity index (χ1v) is 7.89. The average molecular weight is 324 g/mol. The largest absolute Gasteiger partial charge is 0.369 e. The molecule has 0 unspecified atom stereocenters. The standard InChI is InChI=1S/C18H20N4O2/c1-21(15-5-3-2-4-6-15)16-8-7-13(11-20-16)18(24)22-10-9-14(12-22)17(19)23/h2-8,11,14H,9-10,12H2,1H3,(H2,19,23)/t14-/m1/s1. The monoisotopic (exact) mass is 324 g/mol. The number of anilines is 2. The predicted octanol–water partition coefficient (Wildman–Crippen LogP) is 1.80. The molecule has 1 aliphatic rings. The quantitative estimate of drug-likeness (QED) is 0.930. The first-order valence-electron chi connectivity index (χ1n) is 7.89. The minimum atomic E-state index is -0.344. The van der Waals surface area contributed by atoms with E-state index in [-0.39, 0.29) is 17.7 Å². The molecule has 0 radical (unpaired) electrons. The van der Waals surface area contributed by atoms with E-state index in [1.54, 1.807) is 17.2 Å². The topological polar surface area (TPSA) is 79.5 Å².